The number of nitrogens with one attached hydrogen (secondary N) is 2. The number of thiophene rings is 1. The van der Waals surface area contributed by atoms with E-state index in [1.807, 2.05) is 29.6 Å². The second-order valence-electron chi connectivity index (χ2n) is 6.63. The number of urea groups is 1. The summed E-state index contributed by atoms with van der Waals surface area (Å²) in [6, 6.07) is 13.6. The van der Waals surface area contributed by atoms with Crippen LogP contribution in [0.4, 0.5) is 29.5 Å². The van der Waals surface area contributed by atoms with E-state index in [1.54, 1.807) is 11.3 Å². The van der Waals surface area contributed by atoms with Gasteiger partial charge in [-0.3, -0.25) is 9.84 Å². The van der Waals surface area contributed by atoms with Crippen LogP contribution in [0.5, 0.6) is 0 Å². The van der Waals surface area contributed by atoms with E-state index in [-0.39, 0.29) is 11.6 Å². The number of anilines is 2. The van der Waals surface area contributed by atoms with Crippen molar-refractivity contribution in [2.45, 2.75) is 12.7 Å². The summed E-state index contributed by atoms with van der Waals surface area (Å²) in [5, 5.41) is 12.7. The van der Waals surface area contributed by atoms with E-state index in [0.29, 0.717) is 6.54 Å². The smallest absolute Gasteiger partial charge is 0.308 e. The normalized spacial score (nSPS) is 11.3. The van der Waals surface area contributed by atoms with Crippen molar-refractivity contribution < 1.29 is 27.2 Å². The van der Waals surface area contributed by atoms with Crippen molar-refractivity contribution >= 4 is 28.9 Å². The highest BCUT2D eigenvalue weighted by Crippen LogP contribution is 2.30. The summed E-state index contributed by atoms with van der Waals surface area (Å²) in [5.74, 6) is 0.0550. The minimum absolute atomic E-state index is 0.00503. The molecule has 0 atom stereocenters. The molecule has 2 amide bonds. The molecule has 0 saturated heterocycles. The van der Waals surface area contributed by atoms with Crippen molar-refractivity contribution in [3.8, 4) is 11.1 Å². The van der Waals surface area contributed by atoms with Crippen LogP contribution < -0.4 is 15.3 Å². The first-order valence-electron chi connectivity index (χ1n) is 9.10. The average molecular weight is 445 g/mol. The van der Waals surface area contributed by atoms with Crippen LogP contribution in [0.15, 0.2) is 76.1 Å². The van der Waals surface area contributed by atoms with E-state index in [1.165, 1.54) is 23.0 Å². The molecule has 0 unspecified atom stereocenters. The van der Waals surface area contributed by atoms with E-state index >= 15 is 0 Å². The zero-order valence-electron chi connectivity index (χ0n) is 15.9. The van der Waals surface area contributed by atoms with Gasteiger partial charge >= 0.3 is 18.1 Å². The van der Waals surface area contributed by atoms with Gasteiger partial charge < -0.3 is 5.32 Å². The van der Waals surface area contributed by atoms with Crippen LogP contribution in [-0.4, -0.2) is 11.3 Å². The quantitative estimate of drug-likeness (QED) is 0.404. The van der Waals surface area contributed by atoms with E-state index in [2.05, 4.69) is 27.4 Å². The standard InChI is InChI=1S/C21H15F3N4O2S/c22-21(23,24)17-2-1-3-18(10-17)25-20(29)26-19-12-28(27-30-19)11-14-4-6-15(7-5-14)16-8-9-31-13-16/h1-10,12-13H,11H2,(H-,25,26,27,29)/p+1. The number of amides is 2. The van der Waals surface area contributed by atoms with Crippen molar-refractivity contribution in [1.82, 2.24) is 5.27 Å². The lowest BCUT2D eigenvalue weighted by atomic mass is 10.1. The molecule has 0 saturated carbocycles. The molecular formula is C21H16F3N4O2S+. The second-order valence-corrected chi connectivity index (χ2v) is 7.41. The summed E-state index contributed by atoms with van der Waals surface area (Å²) in [7, 11) is 0. The summed E-state index contributed by atoms with van der Waals surface area (Å²) >= 11 is 1.63. The molecule has 0 aliphatic carbocycles. The van der Waals surface area contributed by atoms with Gasteiger partial charge in [-0.05, 0) is 50.8 Å². The fourth-order valence-corrected chi connectivity index (χ4v) is 3.54. The van der Waals surface area contributed by atoms with Crippen LogP contribution in [-0.2, 0) is 12.7 Å². The highest BCUT2D eigenvalue weighted by molar-refractivity contribution is 7.08. The topological polar surface area (TPSA) is 71.0 Å². The molecule has 0 radical (unpaired) electrons. The molecule has 6 nitrogen and oxygen atoms in total. The molecule has 0 bridgehead atoms. The van der Waals surface area contributed by atoms with Gasteiger partial charge in [-0.1, -0.05) is 30.3 Å². The largest absolute Gasteiger partial charge is 0.416 e. The second kappa shape index (κ2) is 8.60. The lowest BCUT2D eigenvalue weighted by Gasteiger charge is -2.09. The van der Waals surface area contributed by atoms with Crippen molar-refractivity contribution in [3.05, 3.63) is 82.7 Å². The Bertz CT molecular complexity index is 1170. The number of benzene rings is 2. The van der Waals surface area contributed by atoms with Gasteiger partial charge in [0.1, 0.15) is 0 Å². The molecule has 2 aromatic heterocycles. The summed E-state index contributed by atoms with van der Waals surface area (Å²) in [6.07, 6.45) is -3.01. The van der Waals surface area contributed by atoms with Gasteiger partial charge in [0.05, 0.1) is 5.56 Å². The number of aromatic nitrogens is 2. The van der Waals surface area contributed by atoms with E-state index in [4.69, 9.17) is 4.52 Å². The number of halogens is 3. The molecule has 0 aliphatic heterocycles. The summed E-state index contributed by atoms with van der Waals surface area (Å²) in [4.78, 5) is 12.1. The summed E-state index contributed by atoms with van der Waals surface area (Å²) in [5.41, 5.74) is 2.41. The molecule has 0 spiro atoms. The number of carbonyl (C=O) groups excluding carboxylic acids is 1. The zero-order chi connectivity index (χ0) is 21.8. The average Bonchev–Trinajstić information content (AvgIpc) is 3.41. The van der Waals surface area contributed by atoms with Crippen molar-refractivity contribution in [1.29, 1.82) is 0 Å². The monoisotopic (exact) mass is 445 g/mol. The van der Waals surface area contributed by atoms with Gasteiger partial charge in [-0.15, -0.1) is 0 Å². The van der Waals surface area contributed by atoms with Crippen LogP contribution in [0.3, 0.4) is 0 Å². The maximum atomic E-state index is 12.8. The third-order valence-electron chi connectivity index (χ3n) is 4.35. The molecule has 2 N–H and O–H groups in total. The number of nitrogens with zero attached hydrogens (tertiary/aromatic N) is 2. The van der Waals surface area contributed by atoms with Gasteiger partial charge in [0.15, 0.2) is 0 Å². The number of alkyl halides is 3. The van der Waals surface area contributed by atoms with Crippen LogP contribution >= 0.6 is 11.3 Å². The molecule has 4 aromatic rings. The molecule has 31 heavy (non-hydrogen) atoms. The van der Waals surface area contributed by atoms with Crippen molar-refractivity contribution in [3.63, 3.8) is 0 Å². The maximum absolute atomic E-state index is 12.8. The highest BCUT2D eigenvalue weighted by atomic mass is 32.1. The molecular weight excluding hydrogens is 429 g/mol. The third kappa shape index (κ3) is 5.28. The molecule has 158 valence electrons. The number of hydrogen-bond acceptors (Lipinski definition) is 4. The Morgan fingerprint density at radius 1 is 1.06 bits per heavy atom. The molecule has 2 heterocycles. The number of hydrogen-bond donors (Lipinski definition) is 2. The summed E-state index contributed by atoms with van der Waals surface area (Å²) in [6.45, 7) is 0.421. The lowest BCUT2D eigenvalue weighted by molar-refractivity contribution is -0.754. The number of carbonyl (C=O) groups is 1. The van der Waals surface area contributed by atoms with Gasteiger partial charge in [-0.2, -0.15) is 24.5 Å². The Labute approximate surface area is 178 Å². The Hall–Kier alpha value is -3.66. The summed E-state index contributed by atoms with van der Waals surface area (Å²) < 4.78 is 44.9. The van der Waals surface area contributed by atoms with E-state index < -0.39 is 17.8 Å². The van der Waals surface area contributed by atoms with Gasteiger partial charge in [0.25, 0.3) is 6.20 Å². The molecule has 4 rings (SSSR count). The lowest BCUT2D eigenvalue weighted by Crippen LogP contribution is -2.35. The van der Waals surface area contributed by atoms with Crippen molar-refractivity contribution in [2.24, 2.45) is 0 Å². The minimum atomic E-state index is -4.49. The van der Waals surface area contributed by atoms with Crippen LogP contribution in [0.2, 0.25) is 0 Å². The Kier molecular flexibility index (Phi) is 5.72. The zero-order valence-corrected chi connectivity index (χ0v) is 16.7. The van der Waals surface area contributed by atoms with Crippen LogP contribution in [0.25, 0.3) is 11.1 Å². The van der Waals surface area contributed by atoms with Gasteiger partial charge in [0, 0.05) is 11.3 Å². The number of rotatable bonds is 5. The van der Waals surface area contributed by atoms with Crippen LogP contribution in [0.1, 0.15) is 11.1 Å². The fraction of sp³-hybridized carbons (Fsp3) is 0.0952. The molecule has 0 aliphatic rings. The molecule has 10 heteroatoms. The first-order valence-corrected chi connectivity index (χ1v) is 10.0. The first kappa shape index (κ1) is 20.6. The maximum Gasteiger partial charge on any atom is 0.416 e. The Balaban J connectivity index is 1.35. The van der Waals surface area contributed by atoms with Gasteiger partial charge in [0.2, 0.25) is 11.8 Å². The van der Waals surface area contributed by atoms with Crippen LogP contribution in [0, 0.1) is 0 Å². The van der Waals surface area contributed by atoms with Gasteiger partial charge in [-0.25, -0.2) is 4.79 Å². The SMILES string of the molecule is O=C(Nc1cccc(C(F)(F)F)c1)Nc1c[n+](Cc2ccc(-c3ccsc3)cc2)no1. The predicted octanol–water partition coefficient (Wildman–Crippen LogP) is 5.40. The highest BCUT2D eigenvalue weighted by Gasteiger charge is 2.30. The predicted molar refractivity (Wildman–Crippen MR) is 110 cm³/mol. The fourth-order valence-electron chi connectivity index (χ4n) is 2.87. The first-order chi connectivity index (χ1) is 14.9. The molecule has 2 aromatic carbocycles. The van der Waals surface area contributed by atoms with Crippen molar-refractivity contribution in [2.75, 3.05) is 10.6 Å². The minimum Gasteiger partial charge on any atom is -0.308 e. The third-order valence-corrected chi connectivity index (χ3v) is 5.03. The Morgan fingerprint density at radius 2 is 1.87 bits per heavy atom. The van der Waals surface area contributed by atoms with E-state index in [0.717, 1.165) is 28.8 Å². The van der Waals surface area contributed by atoms with E-state index in [9.17, 15) is 18.0 Å². The molecule has 0 fully saturated rings. The Morgan fingerprint density at radius 3 is 2.58 bits per heavy atom.